The largest absolute Gasteiger partial charge is 0.507 e. The standard InChI is InChI=1S/C14H12O3/c1-9(15)10-6-7-12(14(17)8-10)11-4-2-3-5-13(11)16/h2-8,16-17H,1H3. The van der Waals surface area contributed by atoms with Gasteiger partial charge in [0.1, 0.15) is 11.5 Å². The molecule has 2 aromatic carbocycles. The van der Waals surface area contributed by atoms with Gasteiger partial charge in [0, 0.05) is 16.7 Å². The lowest BCUT2D eigenvalue weighted by atomic mass is 10.0. The quantitative estimate of drug-likeness (QED) is 0.777. The average molecular weight is 228 g/mol. The summed E-state index contributed by atoms with van der Waals surface area (Å²) in [6, 6.07) is 11.4. The van der Waals surface area contributed by atoms with Gasteiger partial charge < -0.3 is 10.2 Å². The predicted octanol–water partition coefficient (Wildman–Crippen LogP) is 2.97. The number of ketones is 1. The van der Waals surface area contributed by atoms with E-state index in [0.29, 0.717) is 16.7 Å². The maximum Gasteiger partial charge on any atom is 0.159 e. The molecule has 17 heavy (non-hydrogen) atoms. The highest BCUT2D eigenvalue weighted by Gasteiger charge is 2.10. The first-order chi connectivity index (χ1) is 8.09. The summed E-state index contributed by atoms with van der Waals surface area (Å²) in [6.07, 6.45) is 0. The van der Waals surface area contributed by atoms with Gasteiger partial charge in [0.25, 0.3) is 0 Å². The fraction of sp³-hybridized carbons (Fsp3) is 0.0714. The topological polar surface area (TPSA) is 57.5 Å². The van der Waals surface area contributed by atoms with Crippen LogP contribution in [0.4, 0.5) is 0 Å². The van der Waals surface area contributed by atoms with Crippen molar-refractivity contribution < 1.29 is 15.0 Å². The third-order valence-electron chi connectivity index (χ3n) is 2.60. The summed E-state index contributed by atoms with van der Waals surface area (Å²) in [7, 11) is 0. The van der Waals surface area contributed by atoms with Gasteiger partial charge in [-0.25, -0.2) is 0 Å². The van der Waals surface area contributed by atoms with Crippen LogP contribution in [0, 0.1) is 0 Å². The van der Waals surface area contributed by atoms with Gasteiger partial charge in [-0.15, -0.1) is 0 Å². The average Bonchev–Trinajstić information content (AvgIpc) is 2.30. The lowest BCUT2D eigenvalue weighted by Gasteiger charge is -2.07. The highest BCUT2D eigenvalue weighted by atomic mass is 16.3. The van der Waals surface area contributed by atoms with Crippen LogP contribution in [-0.4, -0.2) is 16.0 Å². The minimum absolute atomic E-state index is 0.0146. The molecule has 2 rings (SSSR count). The van der Waals surface area contributed by atoms with E-state index in [2.05, 4.69) is 0 Å². The Morgan fingerprint density at radius 3 is 2.18 bits per heavy atom. The first-order valence-corrected chi connectivity index (χ1v) is 5.22. The van der Waals surface area contributed by atoms with Crippen molar-refractivity contribution in [1.82, 2.24) is 0 Å². The summed E-state index contributed by atoms with van der Waals surface area (Å²) in [4.78, 5) is 11.2. The zero-order chi connectivity index (χ0) is 12.4. The van der Waals surface area contributed by atoms with Crippen molar-refractivity contribution in [3.63, 3.8) is 0 Å². The van der Waals surface area contributed by atoms with Gasteiger partial charge in [-0.2, -0.15) is 0 Å². The van der Waals surface area contributed by atoms with Gasteiger partial charge in [0.2, 0.25) is 0 Å². The Kier molecular flexibility index (Phi) is 2.83. The highest BCUT2D eigenvalue weighted by Crippen LogP contribution is 2.35. The molecule has 2 N–H and O–H groups in total. The molecule has 0 aliphatic carbocycles. The first-order valence-electron chi connectivity index (χ1n) is 5.22. The minimum Gasteiger partial charge on any atom is -0.507 e. The second-order valence-corrected chi connectivity index (χ2v) is 3.81. The molecule has 0 unspecified atom stereocenters. The Morgan fingerprint density at radius 2 is 1.59 bits per heavy atom. The summed E-state index contributed by atoms with van der Waals surface area (Å²) in [5.41, 5.74) is 1.50. The molecule has 0 aromatic heterocycles. The van der Waals surface area contributed by atoms with Crippen molar-refractivity contribution in [2.75, 3.05) is 0 Å². The van der Waals surface area contributed by atoms with E-state index in [1.807, 2.05) is 0 Å². The molecule has 0 atom stereocenters. The van der Waals surface area contributed by atoms with Crippen LogP contribution in [-0.2, 0) is 0 Å². The number of para-hydroxylation sites is 1. The molecule has 2 aromatic rings. The van der Waals surface area contributed by atoms with Crippen LogP contribution < -0.4 is 0 Å². The molecule has 3 heteroatoms. The summed E-state index contributed by atoms with van der Waals surface area (Å²) in [5.74, 6) is -0.0262. The Hall–Kier alpha value is -2.29. The maximum absolute atomic E-state index is 11.2. The number of carbonyl (C=O) groups is 1. The van der Waals surface area contributed by atoms with Gasteiger partial charge in [-0.3, -0.25) is 4.79 Å². The molecule has 0 saturated heterocycles. The van der Waals surface area contributed by atoms with Gasteiger partial charge in [0.05, 0.1) is 0 Å². The van der Waals surface area contributed by atoms with E-state index in [1.165, 1.54) is 13.0 Å². The van der Waals surface area contributed by atoms with Gasteiger partial charge in [-0.1, -0.05) is 24.3 Å². The van der Waals surface area contributed by atoms with Crippen molar-refractivity contribution in [2.45, 2.75) is 6.92 Å². The van der Waals surface area contributed by atoms with E-state index in [9.17, 15) is 15.0 Å². The number of phenolic OH excluding ortho intramolecular Hbond substituents is 2. The highest BCUT2D eigenvalue weighted by molar-refractivity contribution is 5.95. The molecule has 0 radical (unpaired) electrons. The number of phenols is 2. The molecule has 0 heterocycles. The van der Waals surface area contributed by atoms with Gasteiger partial charge in [-0.05, 0) is 25.1 Å². The number of Topliss-reactive ketones (excluding diaryl/α,β-unsaturated/α-hetero) is 1. The molecular weight excluding hydrogens is 216 g/mol. The SMILES string of the molecule is CC(=O)c1ccc(-c2ccccc2O)c(O)c1. The van der Waals surface area contributed by atoms with E-state index >= 15 is 0 Å². The molecule has 0 amide bonds. The van der Waals surface area contributed by atoms with Crippen LogP contribution in [0.2, 0.25) is 0 Å². The predicted molar refractivity (Wildman–Crippen MR) is 65.2 cm³/mol. The van der Waals surface area contributed by atoms with Crippen molar-refractivity contribution >= 4 is 5.78 Å². The van der Waals surface area contributed by atoms with Crippen molar-refractivity contribution in [2.24, 2.45) is 0 Å². The van der Waals surface area contributed by atoms with Crippen LogP contribution >= 0.6 is 0 Å². The van der Waals surface area contributed by atoms with Gasteiger partial charge in [0.15, 0.2) is 5.78 Å². The molecule has 0 fully saturated rings. The lowest BCUT2D eigenvalue weighted by Crippen LogP contribution is -1.91. The van der Waals surface area contributed by atoms with E-state index in [1.54, 1.807) is 36.4 Å². The second kappa shape index (κ2) is 4.29. The summed E-state index contributed by atoms with van der Waals surface area (Å²) in [5, 5.41) is 19.5. The van der Waals surface area contributed by atoms with E-state index < -0.39 is 0 Å². The normalized spacial score (nSPS) is 10.2. The third kappa shape index (κ3) is 2.13. The van der Waals surface area contributed by atoms with Crippen LogP contribution in [0.3, 0.4) is 0 Å². The van der Waals surface area contributed by atoms with E-state index in [0.717, 1.165) is 0 Å². The molecule has 0 spiro atoms. The maximum atomic E-state index is 11.2. The number of hydrogen-bond acceptors (Lipinski definition) is 3. The molecule has 0 bridgehead atoms. The zero-order valence-corrected chi connectivity index (χ0v) is 9.34. The minimum atomic E-state index is -0.107. The Labute approximate surface area is 99.0 Å². The lowest BCUT2D eigenvalue weighted by molar-refractivity contribution is 0.101. The molecule has 0 aliphatic rings. The molecule has 0 aliphatic heterocycles. The monoisotopic (exact) mass is 228 g/mol. The number of carbonyl (C=O) groups excluding carboxylic acids is 1. The first kappa shape index (κ1) is 11.2. The van der Waals surface area contributed by atoms with Crippen LogP contribution in [0.15, 0.2) is 42.5 Å². The summed E-state index contributed by atoms with van der Waals surface area (Å²) in [6.45, 7) is 1.44. The Morgan fingerprint density at radius 1 is 0.941 bits per heavy atom. The van der Waals surface area contributed by atoms with Crippen LogP contribution in [0.25, 0.3) is 11.1 Å². The number of rotatable bonds is 2. The number of hydrogen-bond donors (Lipinski definition) is 2. The summed E-state index contributed by atoms with van der Waals surface area (Å²) < 4.78 is 0. The van der Waals surface area contributed by atoms with Gasteiger partial charge >= 0.3 is 0 Å². The summed E-state index contributed by atoms with van der Waals surface area (Å²) >= 11 is 0. The van der Waals surface area contributed by atoms with E-state index in [-0.39, 0.29) is 17.3 Å². The zero-order valence-electron chi connectivity index (χ0n) is 9.34. The van der Waals surface area contributed by atoms with Crippen LogP contribution in [0.1, 0.15) is 17.3 Å². The molecular formula is C14H12O3. The Balaban J connectivity index is 2.55. The fourth-order valence-corrected chi connectivity index (χ4v) is 1.68. The van der Waals surface area contributed by atoms with Crippen molar-refractivity contribution in [3.8, 4) is 22.6 Å². The second-order valence-electron chi connectivity index (χ2n) is 3.81. The number of aromatic hydroxyl groups is 2. The molecule has 3 nitrogen and oxygen atoms in total. The fourth-order valence-electron chi connectivity index (χ4n) is 1.68. The van der Waals surface area contributed by atoms with E-state index in [4.69, 9.17) is 0 Å². The molecule has 86 valence electrons. The smallest absolute Gasteiger partial charge is 0.159 e. The van der Waals surface area contributed by atoms with Crippen molar-refractivity contribution in [1.29, 1.82) is 0 Å². The number of benzene rings is 2. The van der Waals surface area contributed by atoms with Crippen molar-refractivity contribution in [3.05, 3.63) is 48.0 Å². The third-order valence-corrected chi connectivity index (χ3v) is 2.60. The Bertz CT molecular complexity index is 573. The van der Waals surface area contributed by atoms with Crippen LogP contribution in [0.5, 0.6) is 11.5 Å². The molecule has 0 saturated carbocycles.